The van der Waals surface area contributed by atoms with Crippen molar-refractivity contribution in [3.05, 3.63) is 23.8 Å². The first-order chi connectivity index (χ1) is 4.88. The minimum absolute atomic E-state index is 0.883. The Hall–Kier alpha value is -0.520. The summed E-state index contributed by atoms with van der Waals surface area (Å²) < 4.78 is 0. The maximum atomic E-state index is 2.41. The van der Waals surface area contributed by atoms with E-state index in [1.54, 1.807) is 5.57 Å². The van der Waals surface area contributed by atoms with Crippen molar-refractivity contribution >= 4 is 0 Å². The molecule has 0 bridgehead atoms. The summed E-state index contributed by atoms with van der Waals surface area (Å²) in [7, 11) is 0. The van der Waals surface area contributed by atoms with Crippen molar-refractivity contribution in [3.8, 4) is 0 Å². The molecular weight excluding hydrogens is 120 g/mol. The number of rotatable bonds is 0. The molecule has 0 N–H and O–H groups in total. The van der Waals surface area contributed by atoms with Gasteiger partial charge in [0.15, 0.2) is 0 Å². The first kappa shape index (κ1) is 6.21. The van der Waals surface area contributed by atoms with Crippen molar-refractivity contribution < 1.29 is 0 Å². The summed E-state index contributed by atoms with van der Waals surface area (Å²) in [6, 6.07) is 0. The molecule has 0 amide bonds. The van der Waals surface area contributed by atoms with Crippen LogP contribution in [0.3, 0.4) is 0 Å². The second-order valence-corrected chi connectivity index (χ2v) is 3.46. The van der Waals surface area contributed by atoms with Crippen LogP contribution >= 0.6 is 0 Å². The summed E-state index contributed by atoms with van der Waals surface area (Å²) in [4.78, 5) is 0. The molecule has 0 aromatic carbocycles. The summed E-state index contributed by atoms with van der Waals surface area (Å²) >= 11 is 0. The normalized spacial score (nSPS) is 37.5. The topological polar surface area (TPSA) is 0 Å². The van der Waals surface area contributed by atoms with Crippen molar-refractivity contribution in [2.24, 2.45) is 11.8 Å². The van der Waals surface area contributed by atoms with Crippen LogP contribution in [0.25, 0.3) is 0 Å². The average Bonchev–Trinajstić information content (AvgIpc) is 2.36. The van der Waals surface area contributed by atoms with Crippen LogP contribution in [0.5, 0.6) is 0 Å². The first-order valence-electron chi connectivity index (χ1n) is 4.21. The van der Waals surface area contributed by atoms with Gasteiger partial charge < -0.3 is 0 Å². The van der Waals surface area contributed by atoms with E-state index in [9.17, 15) is 0 Å². The molecule has 0 aromatic heterocycles. The second kappa shape index (κ2) is 2.26. The van der Waals surface area contributed by atoms with Crippen LogP contribution in [0.15, 0.2) is 23.8 Å². The van der Waals surface area contributed by atoms with Crippen molar-refractivity contribution in [2.75, 3.05) is 0 Å². The molecule has 0 heterocycles. The zero-order chi connectivity index (χ0) is 6.97. The van der Waals surface area contributed by atoms with Crippen LogP contribution in [-0.4, -0.2) is 0 Å². The van der Waals surface area contributed by atoms with Crippen molar-refractivity contribution in [1.29, 1.82) is 0 Å². The largest absolute Gasteiger partial charge is 0.0876 e. The predicted molar refractivity (Wildman–Crippen MR) is 43.7 cm³/mol. The summed E-state index contributed by atoms with van der Waals surface area (Å²) in [5.74, 6) is 1.78. The fourth-order valence-electron chi connectivity index (χ4n) is 2.18. The molecule has 10 heavy (non-hydrogen) atoms. The van der Waals surface area contributed by atoms with Crippen LogP contribution in [0, 0.1) is 11.8 Å². The van der Waals surface area contributed by atoms with E-state index in [1.165, 1.54) is 19.3 Å². The smallest absolute Gasteiger partial charge is 0.0108 e. The quantitative estimate of drug-likeness (QED) is 0.447. The Bertz CT molecular complexity index is 186. The van der Waals surface area contributed by atoms with Gasteiger partial charge in [0.25, 0.3) is 0 Å². The minimum Gasteiger partial charge on any atom is -0.0876 e. The third-order valence-electron chi connectivity index (χ3n) is 2.84. The third kappa shape index (κ3) is 0.828. The van der Waals surface area contributed by atoms with Gasteiger partial charge >= 0.3 is 0 Å². The van der Waals surface area contributed by atoms with Gasteiger partial charge in [0, 0.05) is 0 Å². The Morgan fingerprint density at radius 2 is 2.40 bits per heavy atom. The van der Waals surface area contributed by atoms with E-state index in [0.29, 0.717) is 0 Å². The summed E-state index contributed by atoms with van der Waals surface area (Å²) in [6.45, 7) is 2.28. The molecule has 2 aliphatic rings. The monoisotopic (exact) mass is 134 g/mol. The van der Waals surface area contributed by atoms with Crippen LogP contribution < -0.4 is 0 Å². The molecule has 0 nitrogen and oxygen atoms in total. The summed E-state index contributed by atoms with van der Waals surface area (Å²) in [5, 5.41) is 0. The molecule has 0 saturated heterocycles. The number of hydrogen-bond acceptors (Lipinski definition) is 0. The SMILES string of the molecule is CC1=CCCC2C=CCC12. The number of fused-ring (bicyclic) bond motifs is 1. The van der Waals surface area contributed by atoms with Crippen LogP contribution in [0.1, 0.15) is 26.2 Å². The average molecular weight is 134 g/mol. The Kier molecular flexibility index (Phi) is 1.40. The fourth-order valence-corrected chi connectivity index (χ4v) is 2.18. The van der Waals surface area contributed by atoms with Gasteiger partial charge in [-0.25, -0.2) is 0 Å². The Morgan fingerprint density at radius 1 is 1.50 bits per heavy atom. The summed E-state index contributed by atoms with van der Waals surface area (Å²) in [5.41, 5.74) is 1.63. The molecule has 0 aromatic rings. The van der Waals surface area contributed by atoms with Crippen molar-refractivity contribution in [3.63, 3.8) is 0 Å². The molecule has 0 fully saturated rings. The van der Waals surface area contributed by atoms with E-state index in [0.717, 1.165) is 11.8 Å². The number of allylic oxidation sites excluding steroid dienone is 4. The van der Waals surface area contributed by atoms with Crippen molar-refractivity contribution in [1.82, 2.24) is 0 Å². The van der Waals surface area contributed by atoms with Gasteiger partial charge in [-0.1, -0.05) is 23.8 Å². The summed E-state index contributed by atoms with van der Waals surface area (Å²) in [6.07, 6.45) is 11.1. The van der Waals surface area contributed by atoms with Crippen LogP contribution in [0.2, 0.25) is 0 Å². The lowest BCUT2D eigenvalue weighted by atomic mass is 9.81. The highest BCUT2D eigenvalue weighted by atomic mass is 14.3. The molecule has 54 valence electrons. The van der Waals surface area contributed by atoms with Crippen molar-refractivity contribution in [2.45, 2.75) is 26.2 Å². The highest BCUT2D eigenvalue weighted by Crippen LogP contribution is 2.37. The zero-order valence-electron chi connectivity index (χ0n) is 6.51. The van der Waals surface area contributed by atoms with Gasteiger partial charge in [-0.2, -0.15) is 0 Å². The van der Waals surface area contributed by atoms with Crippen LogP contribution in [0.4, 0.5) is 0 Å². The molecule has 2 rings (SSSR count). The Labute approximate surface area is 62.6 Å². The lowest BCUT2D eigenvalue weighted by Crippen LogP contribution is -2.12. The second-order valence-electron chi connectivity index (χ2n) is 3.46. The zero-order valence-corrected chi connectivity index (χ0v) is 6.51. The highest BCUT2D eigenvalue weighted by molar-refractivity contribution is 5.18. The van der Waals surface area contributed by atoms with Gasteiger partial charge in [0.1, 0.15) is 0 Å². The molecular formula is C10H14. The fraction of sp³-hybridized carbons (Fsp3) is 0.600. The lowest BCUT2D eigenvalue weighted by Gasteiger charge is -2.24. The maximum Gasteiger partial charge on any atom is -0.0108 e. The van der Waals surface area contributed by atoms with Gasteiger partial charge in [-0.3, -0.25) is 0 Å². The minimum atomic E-state index is 0.883. The van der Waals surface area contributed by atoms with E-state index in [1.807, 2.05) is 0 Å². The molecule has 0 spiro atoms. The standard InChI is InChI=1S/C10H14/c1-8-4-2-5-9-6-3-7-10(8)9/h3-4,6,9-10H,2,5,7H2,1H3. The Balaban J connectivity index is 2.21. The van der Waals surface area contributed by atoms with Gasteiger partial charge in [-0.05, 0) is 38.0 Å². The molecule has 0 heteroatoms. The van der Waals surface area contributed by atoms with Gasteiger partial charge in [-0.15, -0.1) is 0 Å². The van der Waals surface area contributed by atoms with E-state index in [-0.39, 0.29) is 0 Å². The molecule has 2 atom stereocenters. The molecule has 0 radical (unpaired) electrons. The maximum absolute atomic E-state index is 2.41. The highest BCUT2D eigenvalue weighted by Gasteiger charge is 2.25. The van der Waals surface area contributed by atoms with Crippen LogP contribution in [-0.2, 0) is 0 Å². The molecule has 2 aliphatic carbocycles. The van der Waals surface area contributed by atoms with Gasteiger partial charge in [0.05, 0.1) is 0 Å². The lowest BCUT2D eigenvalue weighted by molar-refractivity contribution is 0.435. The van der Waals surface area contributed by atoms with E-state index in [2.05, 4.69) is 25.2 Å². The molecule has 2 unspecified atom stereocenters. The first-order valence-corrected chi connectivity index (χ1v) is 4.21. The number of hydrogen-bond donors (Lipinski definition) is 0. The molecule has 0 saturated carbocycles. The third-order valence-corrected chi connectivity index (χ3v) is 2.84. The van der Waals surface area contributed by atoms with Gasteiger partial charge in [0.2, 0.25) is 0 Å². The van der Waals surface area contributed by atoms with E-state index < -0.39 is 0 Å². The molecule has 0 aliphatic heterocycles. The Morgan fingerprint density at radius 3 is 3.20 bits per heavy atom. The van der Waals surface area contributed by atoms with E-state index in [4.69, 9.17) is 0 Å². The predicted octanol–water partition coefficient (Wildman–Crippen LogP) is 2.92. The van der Waals surface area contributed by atoms with E-state index >= 15 is 0 Å².